The van der Waals surface area contributed by atoms with Crippen LogP contribution in [0.25, 0.3) is 0 Å². The molecule has 1 N–H and O–H groups in total. The van der Waals surface area contributed by atoms with Gasteiger partial charge in [0.1, 0.15) is 0 Å². The van der Waals surface area contributed by atoms with Crippen LogP contribution in [0.1, 0.15) is 16.2 Å². The lowest BCUT2D eigenvalue weighted by Crippen LogP contribution is -2.20. The van der Waals surface area contributed by atoms with Crippen LogP contribution in [0.15, 0.2) is 0 Å². The average Bonchev–Trinajstić information content (AvgIpc) is 2.59. The predicted octanol–water partition coefficient (Wildman–Crippen LogP) is -0.316. The minimum atomic E-state index is -1.08. The summed E-state index contributed by atoms with van der Waals surface area (Å²) in [6, 6.07) is 0. The molecule has 0 bridgehead atoms. The maximum absolute atomic E-state index is 10.9. The minimum absolute atomic E-state index is 0.0411. The van der Waals surface area contributed by atoms with Gasteiger partial charge in [0, 0.05) is 13.7 Å². The summed E-state index contributed by atoms with van der Waals surface area (Å²) in [5.41, 5.74) is 0.456. The fourth-order valence-electron chi connectivity index (χ4n) is 1.25. The molecule has 0 aromatic carbocycles. The zero-order chi connectivity index (χ0) is 12.1. The zero-order valence-electron chi connectivity index (χ0n) is 9.67. The van der Waals surface area contributed by atoms with E-state index in [0.717, 1.165) is 6.54 Å². The van der Waals surface area contributed by atoms with Crippen molar-refractivity contribution in [1.82, 2.24) is 19.9 Å². The number of likely N-dealkylation sites (N-methyl/N-ethyl adjacent to an activating group) is 1. The molecule has 1 aromatic heterocycles. The summed E-state index contributed by atoms with van der Waals surface area (Å²) >= 11 is 0. The van der Waals surface area contributed by atoms with Crippen molar-refractivity contribution in [2.75, 3.05) is 27.7 Å². The van der Waals surface area contributed by atoms with E-state index in [-0.39, 0.29) is 12.3 Å². The molecular weight excluding hydrogens is 212 g/mol. The summed E-state index contributed by atoms with van der Waals surface area (Å²) in [4.78, 5) is 12.9. The van der Waals surface area contributed by atoms with E-state index in [1.807, 2.05) is 19.0 Å². The Labute approximate surface area is 93.6 Å². The maximum Gasteiger partial charge on any atom is 0.358 e. The largest absolute Gasteiger partial charge is 0.476 e. The molecule has 0 radical (unpaired) electrons. The van der Waals surface area contributed by atoms with Crippen molar-refractivity contribution in [1.29, 1.82) is 0 Å². The summed E-state index contributed by atoms with van der Waals surface area (Å²) in [5.74, 6) is -1.08. The molecule has 0 saturated heterocycles. The molecule has 0 aliphatic heterocycles. The monoisotopic (exact) mass is 228 g/mol. The Balaban J connectivity index is 2.86. The van der Waals surface area contributed by atoms with Crippen LogP contribution in [0.2, 0.25) is 0 Å². The molecule has 1 aromatic rings. The number of nitrogens with zero attached hydrogens (tertiary/aromatic N) is 4. The highest BCUT2D eigenvalue weighted by molar-refractivity contribution is 5.86. The summed E-state index contributed by atoms with van der Waals surface area (Å²) in [7, 11) is 5.38. The van der Waals surface area contributed by atoms with Gasteiger partial charge in [-0.3, -0.25) is 0 Å². The highest BCUT2D eigenvalue weighted by Gasteiger charge is 2.18. The van der Waals surface area contributed by atoms with Crippen molar-refractivity contribution < 1.29 is 14.6 Å². The van der Waals surface area contributed by atoms with Gasteiger partial charge in [-0.1, -0.05) is 5.21 Å². The van der Waals surface area contributed by atoms with E-state index < -0.39 is 5.97 Å². The number of carboxylic acids is 1. The summed E-state index contributed by atoms with van der Waals surface area (Å²) in [5, 5.41) is 16.3. The lowest BCUT2D eigenvalue weighted by Gasteiger charge is -2.10. The number of hydrogen-bond acceptors (Lipinski definition) is 5. The lowest BCUT2D eigenvalue weighted by molar-refractivity contribution is 0.0684. The van der Waals surface area contributed by atoms with Crippen LogP contribution in [-0.2, 0) is 17.9 Å². The molecule has 0 atom stereocenters. The van der Waals surface area contributed by atoms with Crippen molar-refractivity contribution in [3.05, 3.63) is 11.4 Å². The molecular formula is C9H16N4O3. The second-order valence-corrected chi connectivity index (χ2v) is 3.65. The number of carbonyl (C=O) groups is 1. The van der Waals surface area contributed by atoms with Gasteiger partial charge in [0.05, 0.1) is 18.8 Å². The number of carboxylic acid groups (broad SMARTS) is 1. The van der Waals surface area contributed by atoms with Crippen LogP contribution in [0.3, 0.4) is 0 Å². The smallest absolute Gasteiger partial charge is 0.358 e. The van der Waals surface area contributed by atoms with E-state index in [9.17, 15) is 4.79 Å². The summed E-state index contributed by atoms with van der Waals surface area (Å²) in [6.45, 7) is 1.55. The number of rotatable bonds is 6. The van der Waals surface area contributed by atoms with Gasteiger partial charge in [-0.2, -0.15) is 0 Å². The molecule has 0 unspecified atom stereocenters. The van der Waals surface area contributed by atoms with E-state index in [2.05, 4.69) is 10.3 Å². The molecule has 0 fully saturated rings. The standard InChI is InChI=1S/C9H16N4O3/c1-12(2)4-5-13-7(6-16-3)8(9(14)15)10-11-13/h4-6H2,1-3H3,(H,14,15). The van der Waals surface area contributed by atoms with E-state index in [1.54, 1.807) is 4.68 Å². The summed E-state index contributed by atoms with van der Waals surface area (Å²) < 4.78 is 6.51. The molecule has 1 rings (SSSR count). The molecule has 16 heavy (non-hydrogen) atoms. The van der Waals surface area contributed by atoms with E-state index in [4.69, 9.17) is 9.84 Å². The van der Waals surface area contributed by atoms with E-state index in [0.29, 0.717) is 12.2 Å². The van der Waals surface area contributed by atoms with Gasteiger partial charge < -0.3 is 14.7 Å². The number of ether oxygens (including phenoxy) is 1. The van der Waals surface area contributed by atoms with Gasteiger partial charge >= 0.3 is 5.97 Å². The third-order valence-corrected chi connectivity index (χ3v) is 2.08. The van der Waals surface area contributed by atoms with Gasteiger partial charge in [0.25, 0.3) is 0 Å². The Morgan fingerprint density at radius 2 is 2.25 bits per heavy atom. The fourth-order valence-corrected chi connectivity index (χ4v) is 1.25. The number of aromatic nitrogens is 3. The van der Waals surface area contributed by atoms with Crippen molar-refractivity contribution >= 4 is 5.97 Å². The maximum atomic E-state index is 10.9. The first-order valence-electron chi connectivity index (χ1n) is 4.85. The van der Waals surface area contributed by atoms with Gasteiger partial charge in [-0.05, 0) is 14.1 Å². The highest BCUT2D eigenvalue weighted by Crippen LogP contribution is 2.07. The quantitative estimate of drug-likeness (QED) is 0.719. The van der Waals surface area contributed by atoms with Crippen LogP contribution in [0, 0.1) is 0 Å². The molecule has 1 heterocycles. The SMILES string of the molecule is COCc1c(C(=O)O)nnn1CCN(C)C. The Kier molecular flexibility index (Phi) is 4.39. The fraction of sp³-hybridized carbons (Fsp3) is 0.667. The van der Waals surface area contributed by atoms with Gasteiger partial charge in [-0.25, -0.2) is 9.48 Å². The van der Waals surface area contributed by atoms with Crippen molar-refractivity contribution in [2.45, 2.75) is 13.2 Å². The molecule has 0 aliphatic carbocycles. The van der Waals surface area contributed by atoms with Crippen LogP contribution < -0.4 is 0 Å². The van der Waals surface area contributed by atoms with Gasteiger partial charge in [0.2, 0.25) is 0 Å². The number of methoxy groups -OCH3 is 1. The van der Waals surface area contributed by atoms with Gasteiger partial charge in [0.15, 0.2) is 5.69 Å². The van der Waals surface area contributed by atoms with Crippen molar-refractivity contribution in [3.63, 3.8) is 0 Å². The topological polar surface area (TPSA) is 80.5 Å². The molecule has 0 aliphatic rings. The van der Waals surface area contributed by atoms with E-state index >= 15 is 0 Å². The third-order valence-electron chi connectivity index (χ3n) is 2.08. The minimum Gasteiger partial charge on any atom is -0.476 e. The van der Waals surface area contributed by atoms with Gasteiger partial charge in [-0.15, -0.1) is 5.10 Å². The zero-order valence-corrected chi connectivity index (χ0v) is 9.67. The Morgan fingerprint density at radius 3 is 2.75 bits per heavy atom. The Bertz CT molecular complexity index is 362. The number of hydrogen-bond donors (Lipinski definition) is 1. The van der Waals surface area contributed by atoms with Crippen molar-refractivity contribution in [3.8, 4) is 0 Å². The molecule has 90 valence electrons. The predicted molar refractivity (Wildman–Crippen MR) is 56.2 cm³/mol. The Morgan fingerprint density at radius 1 is 1.56 bits per heavy atom. The highest BCUT2D eigenvalue weighted by atomic mass is 16.5. The molecule has 7 nitrogen and oxygen atoms in total. The van der Waals surface area contributed by atoms with Crippen molar-refractivity contribution in [2.24, 2.45) is 0 Å². The third kappa shape index (κ3) is 3.01. The molecule has 7 heteroatoms. The molecule has 0 saturated carbocycles. The first-order valence-corrected chi connectivity index (χ1v) is 4.85. The van der Waals surface area contributed by atoms with Crippen LogP contribution in [-0.4, -0.2) is 58.7 Å². The number of aromatic carboxylic acids is 1. The summed E-state index contributed by atoms with van der Waals surface area (Å²) in [6.07, 6.45) is 0. The molecule has 0 amide bonds. The Hall–Kier alpha value is -1.47. The van der Waals surface area contributed by atoms with Crippen LogP contribution in [0.5, 0.6) is 0 Å². The molecule has 0 spiro atoms. The first-order chi connectivity index (χ1) is 7.56. The lowest BCUT2D eigenvalue weighted by atomic mass is 10.3. The van der Waals surface area contributed by atoms with E-state index in [1.165, 1.54) is 7.11 Å². The van der Waals surface area contributed by atoms with Crippen LogP contribution >= 0.6 is 0 Å². The normalized spacial score (nSPS) is 11.0. The average molecular weight is 228 g/mol. The second kappa shape index (κ2) is 5.57. The van der Waals surface area contributed by atoms with Crippen LogP contribution in [0.4, 0.5) is 0 Å². The first kappa shape index (κ1) is 12.6. The second-order valence-electron chi connectivity index (χ2n) is 3.65.